The van der Waals surface area contributed by atoms with Crippen molar-refractivity contribution in [3.05, 3.63) is 42.0 Å². The highest BCUT2D eigenvalue weighted by molar-refractivity contribution is 5.42. The molecule has 0 amide bonds. The third-order valence-electron chi connectivity index (χ3n) is 2.97. The number of hydrogen-bond acceptors (Lipinski definition) is 2. The summed E-state index contributed by atoms with van der Waals surface area (Å²) < 4.78 is 31.7. The summed E-state index contributed by atoms with van der Waals surface area (Å²) in [7, 11) is 1.86. The third kappa shape index (κ3) is 2.47. The van der Waals surface area contributed by atoms with E-state index in [9.17, 15) is 8.78 Å². The van der Waals surface area contributed by atoms with Crippen molar-refractivity contribution in [3.8, 4) is 5.75 Å². The maximum atomic E-state index is 13.2. The average molecular weight is 239 g/mol. The Kier molecular flexibility index (Phi) is 3.43. The van der Waals surface area contributed by atoms with E-state index in [0.29, 0.717) is 11.8 Å². The van der Waals surface area contributed by atoms with Gasteiger partial charge in [0.05, 0.1) is 0 Å². The number of likely N-dealkylation sites (N-methyl/N-ethyl adjacent to an activating group) is 1. The lowest BCUT2D eigenvalue weighted by molar-refractivity contribution is 0.353. The highest BCUT2D eigenvalue weighted by Crippen LogP contribution is 2.45. The zero-order valence-corrected chi connectivity index (χ0v) is 9.67. The van der Waals surface area contributed by atoms with Gasteiger partial charge in [-0.3, -0.25) is 0 Å². The highest BCUT2D eigenvalue weighted by Gasteiger charge is 2.39. The smallest absolute Gasteiger partial charge is 0.162 e. The van der Waals surface area contributed by atoms with Crippen LogP contribution >= 0.6 is 0 Å². The minimum absolute atomic E-state index is 0.204. The molecule has 2 rings (SSSR count). The summed E-state index contributed by atoms with van der Waals surface area (Å²) in [5.41, 5.74) is 0.727. The van der Waals surface area contributed by atoms with Crippen LogP contribution in [0.1, 0.15) is 17.9 Å². The monoisotopic (exact) mass is 239 g/mol. The van der Waals surface area contributed by atoms with Crippen LogP contribution in [-0.4, -0.2) is 19.7 Å². The van der Waals surface area contributed by atoms with Gasteiger partial charge in [-0.2, -0.15) is 0 Å². The number of benzene rings is 1. The van der Waals surface area contributed by atoms with Crippen LogP contribution in [0.15, 0.2) is 24.8 Å². The Balaban J connectivity index is 2.28. The van der Waals surface area contributed by atoms with Crippen molar-refractivity contribution in [2.24, 2.45) is 0 Å². The predicted octanol–water partition coefficient (Wildman–Crippen LogP) is 2.60. The summed E-state index contributed by atoms with van der Waals surface area (Å²) >= 11 is 0. The summed E-state index contributed by atoms with van der Waals surface area (Å²) in [6.07, 6.45) is 2.50. The lowest BCUT2D eigenvalue weighted by Gasteiger charge is -2.10. The van der Waals surface area contributed by atoms with Gasteiger partial charge >= 0.3 is 0 Å². The molecule has 0 radical (unpaired) electrons. The first-order chi connectivity index (χ1) is 8.17. The van der Waals surface area contributed by atoms with Gasteiger partial charge in [-0.05, 0) is 19.5 Å². The number of hydrogen-bond donors (Lipinski definition) is 1. The average Bonchev–Trinajstić information content (AvgIpc) is 3.09. The first-order valence-corrected chi connectivity index (χ1v) is 5.57. The number of ether oxygens (including phenoxy) is 1. The molecule has 0 saturated heterocycles. The molecular weight excluding hydrogens is 224 g/mol. The summed E-state index contributed by atoms with van der Waals surface area (Å²) in [5.74, 6) is -1.09. The summed E-state index contributed by atoms with van der Waals surface area (Å²) in [6.45, 7) is 3.82. The van der Waals surface area contributed by atoms with Gasteiger partial charge in [-0.1, -0.05) is 12.7 Å². The van der Waals surface area contributed by atoms with E-state index in [2.05, 4.69) is 11.9 Å². The molecule has 1 aromatic rings. The van der Waals surface area contributed by atoms with Crippen molar-refractivity contribution in [1.29, 1.82) is 0 Å². The van der Waals surface area contributed by atoms with Gasteiger partial charge in [0.2, 0.25) is 0 Å². The van der Waals surface area contributed by atoms with Crippen LogP contribution in [0.25, 0.3) is 0 Å². The van der Waals surface area contributed by atoms with E-state index in [1.54, 1.807) is 6.08 Å². The molecule has 1 aromatic carbocycles. The van der Waals surface area contributed by atoms with E-state index >= 15 is 0 Å². The third-order valence-corrected chi connectivity index (χ3v) is 2.97. The minimum Gasteiger partial charge on any atom is -0.489 e. The molecule has 4 heteroatoms. The van der Waals surface area contributed by atoms with Crippen LogP contribution in [0.5, 0.6) is 5.75 Å². The molecule has 0 heterocycles. The van der Waals surface area contributed by atoms with Crippen LogP contribution in [0.2, 0.25) is 0 Å². The molecule has 0 aromatic heterocycles. The molecule has 1 N–H and O–H groups in total. The lowest BCUT2D eigenvalue weighted by Crippen LogP contribution is -2.11. The van der Waals surface area contributed by atoms with Gasteiger partial charge in [0.1, 0.15) is 12.4 Å². The van der Waals surface area contributed by atoms with E-state index in [1.165, 1.54) is 6.07 Å². The minimum atomic E-state index is -0.880. The van der Waals surface area contributed by atoms with E-state index < -0.39 is 11.6 Å². The molecule has 17 heavy (non-hydrogen) atoms. The van der Waals surface area contributed by atoms with Crippen molar-refractivity contribution in [2.75, 3.05) is 13.7 Å². The maximum absolute atomic E-state index is 13.2. The van der Waals surface area contributed by atoms with Crippen molar-refractivity contribution >= 4 is 0 Å². The van der Waals surface area contributed by atoms with Crippen molar-refractivity contribution in [2.45, 2.75) is 18.4 Å². The summed E-state index contributed by atoms with van der Waals surface area (Å²) in [5, 5.41) is 3.11. The Morgan fingerprint density at radius 3 is 2.76 bits per heavy atom. The molecule has 2 nitrogen and oxygen atoms in total. The molecule has 92 valence electrons. The van der Waals surface area contributed by atoms with E-state index in [4.69, 9.17) is 4.74 Å². The zero-order chi connectivity index (χ0) is 12.4. The Hall–Kier alpha value is -1.42. The maximum Gasteiger partial charge on any atom is 0.162 e. The van der Waals surface area contributed by atoms with E-state index in [1.807, 2.05) is 7.05 Å². The van der Waals surface area contributed by atoms with Gasteiger partial charge in [-0.15, -0.1) is 0 Å². The lowest BCUT2D eigenvalue weighted by atomic mass is 10.1. The normalized spacial score (nSPS) is 22.3. The van der Waals surface area contributed by atoms with Crippen molar-refractivity contribution in [1.82, 2.24) is 5.32 Å². The van der Waals surface area contributed by atoms with Crippen molar-refractivity contribution in [3.63, 3.8) is 0 Å². The van der Waals surface area contributed by atoms with Gasteiger partial charge in [0.25, 0.3) is 0 Å². The number of nitrogens with one attached hydrogen (secondary N) is 1. The van der Waals surface area contributed by atoms with Crippen LogP contribution < -0.4 is 10.1 Å². The summed E-state index contributed by atoms with van der Waals surface area (Å²) in [6, 6.07) is 2.67. The fourth-order valence-corrected chi connectivity index (χ4v) is 1.97. The molecule has 2 atom stereocenters. The Bertz CT molecular complexity index is 434. The summed E-state index contributed by atoms with van der Waals surface area (Å²) in [4.78, 5) is 0. The molecule has 2 unspecified atom stereocenters. The van der Waals surface area contributed by atoms with Crippen LogP contribution in [0.3, 0.4) is 0 Å². The Morgan fingerprint density at radius 2 is 2.18 bits per heavy atom. The number of rotatable bonds is 5. The van der Waals surface area contributed by atoms with Crippen molar-refractivity contribution < 1.29 is 13.5 Å². The van der Waals surface area contributed by atoms with Crippen LogP contribution in [-0.2, 0) is 0 Å². The number of halogens is 2. The Labute approximate surface area is 99.3 Å². The van der Waals surface area contributed by atoms with Gasteiger partial charge in [0, 0.05) is 23.6 Å². The fourth-order valence-electron chi connectivity index (χ4n) is 1.97. The molecule has 0 aliphatic heterocycles. The van der Waals surface area contributed by atoms with E-state index in [0.717, 1.165) is 18.1 Å². The fraction of sp³-hybridized carbons (Fsp3) is 0.385. The quantitative estimate of drug-likeness (QED) is 0.797. The largest absolute Gasteiger partial charge is 0.489 e. The van der Waals surface area contributed by atoms with Gasteiger partial charge < -0.3 is 10.1 Å². The van der Waals surface area contributed by atoms with E-state index in [-0.39, 0.29) is 12.5 Å². The van der Waals surface area contributed by atoms with Crippen LogP contribution in [0.4, 0.5) is 8.78 Å². The first kappa shape index (κ1) is 12.0. The molecule has 1 saturated carbocycles. The van der Waals surface area contributed by atoms with Gasteiger partial charge in [0.15, 0.2) is 11.6 Å². The predicted molar refractivity (Wildman–Crippen MR) is 62.3 cm³/mol. The standard InChI is InChI=1S/C13H15F2NO/c1-3-4-17-13-7-11(15)10(14)5-9(13)8-6-12(8)16-2/h3,5,7-8,12,16H,1,4,6H2,2H3. The molecule has 1 fully saturated rings. The molecular formula is C13H15F2NO. The first-order valence-electron chi connectivity index (χ1n) is 5.57. The zero-order valence-electron chi connectivity index (χ0n) is 9.67. The topological polar surface area (TPSA) is 21.3 Å². The molecule has 1 aliphatic carbocycles. The molecule has 0 bridgehead atoms. The second-order valence-electron chi connectivity index (χ2n) is 4.14. The molecule has 0 spiro atoms. The Morgan fingerprint density at radius 1 is 1.47 bits per heavy atom. The van der Waals surface area contributed by atoms with Crippen LogP contribution in [0, 0.1) is 11.6 Å². The van der Waals surface area contributed by atoms with Gasteiger partial charge in [-0.25, -0.2) is 8.78 Å². The molecule has 1 aliphatic rings. The second kappa shape index (κ2) is 4.84. The SMILES string of the molecule is C=CCOc1cc(F)c(F)cc1C1CC1NC. The highest BCUT2D eigenvalue weighted by atomic mass is 19.2. The second-order valence-corrected chi connectivity index (χ2v) is 4.14.